The molecule has 98 valence electrons. The van der Waals surface area contributed by atoms with Crippen LogP contribution >= 0.6 is 0 Å². The quantitative estimate of drug-likeness (QED) is 0.748. The molecule has 0 aromatic carbocycles. The molecule has 1 unspecified atom stereocenters. The molecule has 1 heterocycles. The fraction of sp³-hybridized carbons (Fsp3) is 0.750. The molecule has 0 fully saturated rings. The van der Waals surface area contributed by atoms with Gasteiger partial charge in [-0.05, 0) is 34.2 Å². The average molecular weight is 241 g/mol. The van der Waals surface area contributed by atoms with Crippen molar-refractivity contribution in [2.45, 2.75) is 45.4 Å². The second kappa shape index (κ2) is 6.02. The van der Waals surface area contributed by atoms with Crippen LogP contribution in [0.25, 0.3) is 0 Å². The molecule has 0 aliphatic carbocycles. The third kappa shape index (κ3) is 4.36. The van der Waals surface area contributed by atoms with Crippen molar-refractivity contribution >= 4 is 0 Å². The highest BCUT2D eigenvalue weighted by atomic mass is 16.5. The first kappa shape index (κ1) is 14.0. The third-order valence-corrected chi connectivity index (χ3v) is 2.83. The van der Waals surface area contributed by atoms with Crippen LogP contribution in [0.3, 0.4) is 0 Å². The average Bonchev–Trinajstić information content (AvgIpc) is 2.73. The zero-order valence-electron chi connectivity index (χ0n) is 11.1. The number of aliphatic hydroxyl groups is 1. The summed E-state index contributed by atoms with van der Waals surface area (Å²) in [5.41, 5.74) is -0.259. The second-order valence-electron chi connectivity index (χ2n) is 4.82. The topological polar surface area (TPSA) is 59.3 Å². The summed E-state index contributed by atoms with van der Waals surface area (Å²) in [4.78, 5) is 0. The molecule has 2 N–H and O–H groups in total. The maximum absolute atomic E-state index is 9.27. The highest BCUT2D eigenvalue weighted by Gasteiger charge is 2.20. The van der Waals surface area contributed by atoms with E-state index in [9.17, 15) is 5.11 Å². The van der Waals surface area contributed by atoms with Crippen molar-refractivity contribution in [2.75, 3.05) is 13.7 Å². The van der Waals surface area contributed by atoms with Crippen molar-refractivity contribution in [1.29, 1.82) is 0 Å². The first-order valence-corrected chi connectivity index (χ1v) is 5.98. The van der Waals surface area contributed by atoms with Crippen LogP contribution in [0.5, 0.6) is 5.75 Å². The predicted molar refractivity (Wildman–Crippen MR) is 67.2 cm³/mol. The summed E-state index contributed by atoms with van der Waals surface area (Å²) >= 11 is 0. The van der Waals surface area contributed by atoms with Gasteiger partial charge in [0.1, 0.15) is 0 Å². The van der Waals surface area contributed by atoms with Crippen molar-refractivity contribution < 1.29 is 9.84 Å². The number of aliphatic hydroxyl groups excluding tert-OH is 1. The van der Waals surface area contributed by atoms with E-state index in [0.717, 1.165) is 18.7 Å². The van der Waals surface area contributed by atoms with Gasteiger partial charge >= 0.3 is 0 Å². The van der Waals surface area contributed by atoms with Gasteiger partial charge in [-0.2, -0.15) is 5.10 Å². The lowest BCUT2D eigenvalue weighted by Crippen LogP contribution is -2.44. The molecule has 0 bridgehead atoms. The van der Waals surface area contributed by atoms with Crippen LogP contribution in [0.2, 0.25) is 0 Å². The molecule has 0 spiro atoms. The first-order chi connectivity index (χ1) is 7.99. The lowest BCUT2D eigenvalue weighted by Gasteiger charge is -2.26. The van der Waals surface area contributed by atoms with Gasteiger partial charge in [0.2, 0.25) is 0 Å². The Morgan fingerprint density at radius 2 is 2.29 bits per heavy atom. The van der Waals surface area contributed by atoms with E-state index in [0.29, 0.717) is 0 Å². The molecular formula is C12H23N3O2. The van der Waals surface area contributed by atoms with Crippen LogP contribution in [0.15, 0.2) is 12.4 Å². The van der Waals surface area contributed by atoms with Gasteiger partial charge in [0.25, 0.3) is 0 Å². The van der Waals surface area contributed by atoms with E-state index in [1.54, 1.807) is 6.20 Å². The Labute approximate surface area is 103 Å². The minimum Gasteiger partial charge on any atom is -0.488 e. The van der Waals surface area contributed by atoms with Crippen LogP contribution in [0.4, 0.5) is 0 Å². The van der Waals surface area contributed by atoms with E-state index in [1.807, 2.05) is 38.7 Å². The van der Waals surface area contributed by atoms with E-state index >= 15 is 0 Å². The number of nitrogens with one attached hydrogen (secondary N) is 1. The smallest absolute Gasteiger partial charge is 0.157 e. The number of nitrogens with zero attached hydrogens (tertiary/aromatic N) is 2. The summed E-state index contributed by atoms with van der Waals surface area (Å²) in [6.45, 7) is 6.82. The Bertz CT molecular complexity index is 332. The van der Waals surface area contributed by atoms with Gasteiger partial charge in [-0.1, -0.05) is 0 Å². The molecule has 0 saturated carbocycles. The zero-order chi connectivity index (χ0) is 12.9. The first-order valence-electron chi connectivity index (χ1n) is 5.98. The number of hydrogen-bond donors (Lipinski definition) is 2. The van der Waals surface area contributed by atoms with Crippen LogP contribution in [-0.2, 0) is 6.54 Å². The number of ether oxygens (including phenoxy) is 1. The summed E-state index contributed by atoms with van der Waals surface area (Å²) in [5, 5.41) is 16.6. The molecule has 0 aliphatic heterocycles. The molecule has 0 saturated heterocycles. The van der Waals surface area contributed by atoms with Crippen molar-refractivity contribution in [3.8, 4) is 5.75 Å². The van der Waals surface area contributed by atoms with Gasteiger partial charge in [0.05, 0.1) is 25.1 Å². The van der Waals surface area contributed by atoms with E-state index < -0.39 is 0 Å². The Hall–Kier alpha value is -1.07. The minimum atomic E-state index is -0.259. The normalized spacial score (nSPS) is 14.9. The van der Waals surface area contributed by atoms with Gasteiger partial charge in [0, 0.05) is 12.1 Å². The zero-order valence-corrected chi connectivity index (χ0v) is 11.1. The molecule has 0 aliphatic rings. The maximum Gasteiger partial charge on any atom is 0.157 e. The summed E-state index contributed by atoms with van der Waals surface area (Å²) in [5.74, 6) is 0.787. The van der Waals surface area contributed by atoms with Crippen LogP contribution in [-0.4, -0.2) is 40.2 Å². The number of hydrogen-bond acceptors (Lipinski definition) is 4. The highest BCUT2D eigenvalue weighted by molar-refractivity contribution is 5.11. The third-order valence-electron chi connectivity index (χ3n) is 2.83. The van der Waals surface area contributed by atoms with Crippen molar-refractivity contribution in [3.63, 3.8) is 0 Å². The van der Waals surface area contributed by atoms with Gasteiger partial charge in [0.15, 0.2) is 5.75 Å². The lowest BCUT2D eigenvalue weighted by atomic mass is 10.00. The fourth-order valence-electron chi connectivity index (χ4n) is 1.44. The molecule has 1 atom stereocenters. The van der Waals surface area contributed by atoms with Gasteiger partial charge in [-0.15, -0.1) is 0 Å². The number of aryl methyl sites for hydroxylation is 1. The molecule has 1 rings (SSSR count). The molecule has 1 aromatic rings. The van der Waals surface area contributed by atoms with Gasteiger partial charge in [-0.25, -0.2) is 0 Å². The Morgan fingerprint density at radius 3 is 2.82 bits per heavy atom. The summed E-state index contributed by atoms with van der Waals surface area (Å²) < 4.78 is 7.37. The van der Waals surface area contributed by atoms with Gasteiger partial charge in [-0.3, -0.25) is 4.68 Å². The summed E-state index contributed by atoms with van der Waals surface area (Å²) in [6.07, 6.45) is 4.57. The predicted octanol–water partition coefficient (Wildman–Crippen LogP) is 1.03. The van der Waals surface area contributed by atoms with E-state index in [-0.39, 0.29) is 18.2 Å². The summed E-state index contributed by atoms with van der Waals surface area (Å²) in [6, 6.07) is 0. The molecule has 0 amide bonds. The Balaban J connectivity index is 2.49. The van der Waals surface area contributed by atoms with Crippen molar-refractivity contribution in [2.24, 2.45) is 0 Å². The molecule has 17 heavy (non-hydrogen) atoms. The number of rotatable bonds is 7. The molecule has 0 radical (unpaired) electrons. The number of aromatic nitrogens is 2. The van der Waals surface area contributed by atoms with Crippen LogP contribution in [0.1, 0.15) is 27.2 Å². The largest absolute Gasteiger partial charge is 0.488 e. The molecule has 5 nitrogen and oxygen atoms in total. The molecule has 1 aromatic heterocycles. The van der Waals surface area contributed by atoms with Crippen molar-refractivity contribution in [3.05, 3.63) is 12.4 Å². The number of likely N-dealkylation sites (N-methyl/N-ethyl adjacent to an activating group) is 1. The van der Waals surface area contributed by atoms with Crippen molar-refractivity contribution in [1.82, 2.24) is 15.1 Å². The maximum atomic E-state index is 9.27. The minimum absolute atomic E-state index is 0.111. The monoisotopic (exact) mass is 241 g/mol. The van der Waals surface area contributed by atoms with Crippen LogP contribution < -0.4 is 10.1 Å². The molecular weight excluding hydrogens is 218 g/mol. The lowest BCUT2D eigenvalue weighted by molar-refractivity contribution is 0.167. The Kier molecular flexibility index (Phi) is 4.96. The highest BCUT2D eigenvalue weighted by Crippen LogP contribution is 2.13. The van der Waals surface area contributed by atoms with E-state index in [2.05, 4.69) is 10.4 Å². The summed E-state index contributed by atoms with van der Waals surface area (Å²) in [7, 11) is 1.85. The second-order valence-corrected chi connectivity index (χ2v) is 4.82. The van der Waals surface area contributed by atoms with E-state index in [1.165, 1.54) is 0 Å². The van der Waals surface area contributed by atoms with Gasteiger partial charge < -0.3 is 15.2 Å². The standard InChI is InChI=1S/C12H23N3O2/c1-10(2)17-11-7-14-15(8-11)6-5-12(3,9-16)13-4/h7-8,10,13,16H,5-6,9H2,1-4H3. The Morgan fingerprint density at radius 1 is 1.59 bits per heavy atom. The molecule has 5 heteroatoms. The fourth-order valence-corrected chi connectivity index (χ4v) is 1.44. The van der Waals surface area contributed by atoms with E-state index in [4.69, 9.17) is 4.74 Å². The van der Waals surface area contributed by atoms with Crippen LogP contribution in [0, 0.1) is 0 Å². The SMILES string of the molecule is CNC(C)(CO)CCn1cc(OC(C)C)cn1.